The molecule has 0 heterocycles. The van der Waals surface area contributed by atoms with Crippen LogP contribution in [0, 0.1) is 0 Å². The van der Waals surface area contributed by atoms with Crippen molar-refractivity contribution in [3.63, 3.8) is 0 Å². The predicted molar refractivity (Wildman–Crippen MR) is 97.8 cm³/mol. The molecule has 0 amide bonds. The number of aromatic hydroxyl groups is 1. The van der Waals surface area contributed by atoms with Crippen LogP contribution < -0.4 is 10.6 Å². The molecule has 1 atom stereocenters. The summed E-state index contributed by atoms with van der Waals surface area (Å²) < 4.78 is 0. The number of phenols is 1. The molecule has 0 spiro atoms. The quantitative estimate of drug-likeness (QED) is 0.732. The number of rotatable bonds is 3. The van der Waals surface area contributed by atoms with Crippen LogP contribution in [-0.4, -0.2) is 10.2 Å². The van der Waals surface area contributed by atoms with Crippen molar-refractivity contribution in [1.82, 2.24) is 10.6 Å². The van der Waals surface area contributed by atoms with Gasteiger partial charge in [0.25, 0.3) is 0 Å². The first-order chi connectivity index (χ1) is 11.1. The molecule has 1 aliphatic rings. The van der Waals surface area contributed by atoms with E-state index in [9.17, 15) is 5.11 Å². The predicted octanol–water partition coefficient (Wildman–Crippen LogP) is 4.09. The van der Waals surface area contributed by atoms with Crippen LogP contribution in [-0.2, 0) is 13.0 Å². The van der Waals surface area contributed by atoms with Crippen molar-refractivity contribution in [2.45, 2.75) is 31.8 Å². The lowest BCUT2D eigenvalue weighted by molar-refractivity contribution is 0.467. The molecule has 3 nitrogen and oxygen atoms in total. The number of nitrogens with one attached hydrogen (secondary N) is 2. The van der Waals surface area contributed by atoms with Crippen LogP contribution in [0.2, 0.25) is 5.02 Å². The Kier molecular flexibility index (Phi) is 5.03. The first-order valence-corrected chi connectivity index (χ1v) is 8.51. The topological polar surface area (TPSA) is 44.3 Å². The van der Waals surface area contributed by atoms with E-state index in [0.717, 1.165) is 35.4 Å². The molecule has 5 heteroatoms. The highest BCUT2D eigenvalue weighted by atomic mass is 35.5. The van der Waals surface area contributed by atoms with Crippen LogP contribution in [0.3, 0.4) is 0 Å². The fourth-order valence-corrected chi connectivity index (χ4v) is 3.27. The molecular formula is C18H19ClN2OS. The van der Waals surface area contributed by atoms with E-state index in [-0.39, 0.29) is 6.04 Å². The van der Waals surface area contributed by atoms with Gasteiger partial charge in [-0.05, 0) is 72.4 Å². The van der Waals surface area contributed by atoms with Crippen LogP contribution in [0.4, 0.5) is 0 Å². The van der Waals surface area contributed by atoms with E-state index in [4.69, 9.17) is 23.8 Å². The second-order valence-corrected chi connectivity index (χ2v) is 6.63. The van der Waals surface area contributed by atoms with E-state index in [0.29, 0.717) is 17.4 Å². The van der Waals surface area contributed by atoms with Gasteiger partial charge < -0.3 is 15.7 Å². The SMILES string of the molecule is Oc1ccc2c(c1)C(NC(=S)NCc1ccc(Cl)cc1)CCC2. The summed E-state index contributed by atoms with van der Waals surface area (Å²) in [5.74, 6) is 0.303. The lowest BCUT2D eigenvalue weighted by Gasteiger charge is -2.27. The van der Waals surface area contributed by atoms with Crippen molar-refractivity contribution < 1.29 is 5.11 Å². The van der Waals surface area contributed by atoms with Gasteiger partial charge in [0, 0.05) is 11.6 Å². The highest BCUT2D eigenvalue weighted by molar-refractivity contribution is 7.80. The Hall–Kier alpha value is -1.78. The van der Waals surface area contributed by atoms with Crippen LogP contribution in [0.25, 0.3) is 0 Å². The Bertz CT molecular complexity index is 703. The van der Waals surface area contributed by atoms with Gasteiger partial charge in [-0.2, -0.15) is 0 Å². The van der Waals surface area contributed by atoms with E-state index in [1.807, 2.05) is 36.4 Å². The first-order valence-electron chi connectivity index (χ1n) is 7.72. The molecule has 1 aliphatic carbocycles. The summed E-state index contributed by atoms with van der Waals surface area (Å²) in [4.78, 5) is 0. The summed E-state index contributed by atoms with van der Waals surface area (Å²) in [5.41, 5.74) is 3.55. The van der Waals surface area contributed by atoms with E-state index in [1.165, 1.54) is 5.56 Å². The van der Waals surface area contributed by atoms with Gasteiger partial charge >= 0.3 is 0 Å². The molecule has 120 valence electrons. The third-order valence-corrected chi connectivity index (χ3v) is 4.63. The number of fused-ring (bicyclic) bond motifs is 1. The molecular weight excluding hydrogens is 328 g/mol. The van der Waals surface area contributed by atoms with Crippen molar-refractivity contribution in [1.29, 1.82) is 0 Å². The van der Waals surface area contributed by atoms with Crippen molar-refractivity contribution >= 4 is 28.9 Å². The maximum absolute atomic E-state index is 9.73. The molecule has 2 aromatic carbocycles. The lowest BCUT2D eigenvalue weighted by atomic mass is 9.87. The standard InChI is InChI=1S/C18H19ClN2OS/c19-14-7-4-12(5-8-14)11-20-18(23)21-17-3-1-2-13-6-9-15(22)10-16(13)17/h4-10,17,22H,1-3,11H2,(H2,20,21,23). The third-order valence-electron chi connectivity index (χ3n) is 4.12. The monoisotopic (exact) mass is 346 g/mol. The Morgan fingerprint density at radius 3 is 2.78 bits per heavy atom. The number of benzene rings is 2. The Morgan fingerprint density at radius 2 is 2.00 bits per heavy atom. The molecule has 3 rings (SSSR count). The second-order valence-electron chi connectivity index (χ2n) is 5.78. The third kappa shape index (κ3) is 4.15. The van der Waals surface area contributed by atoms with Crippen LogP contribution >= 0.6 is 23.8 Å². The Labute approximate surface area is 146 Å². The minimum Gasteiger partial charge on any atom is -0.508 e. The molecule has 0 radical (unpaired) electrons. The van der Waals surface area contributed by atoms with E-state index in [2.05, 4.69) is 10.6 Å². The minimum atomic E-state index is 0.149. The maximum atomic E-state index is 9.73. The van der Waals surface area contributed by atoms with Crippen molar-refractivity contribution in [2.75, 3.05) is 0 Å². The molecule has 1 unspecified atom stereocenters. The van der Waals surface area contributed by atoms with E-state index in [1.54, 1.807) is 6.07 Å². The summed E-state index contributed by atoms with van der Waals surface area (Å²) in [6.07, 6.45) is 3.19. The number of hydrogen-bond donors (Lipinski definition) is 3. The van der Waals surface area contributed by atoms with Gasteiger partial charge in [0.1, 0.15) is 5.75 Å². The molecule has 0 saturated heterocycles. The highest BCUT2D eigenvalue weighted by Gasteiger charge is 2.21. The number of thiocarbonyl (C=S) groups is 1. The summed E-state index contributed by atoms with van der Waals surface area (Å²) in [6, 6.07) is 13.4. The maximum Gasteiger partial charge on any atom is 0.167 e. The molecule has 0 aromatic heterocycles. The molecule has 0 bridgehead atoms. The zero-order valence-electron chi connectivity index (χ0n) is 12.7. The van der Waals surface area contributed by atoms with Crippen molar-refractivity contribution in [3.05, 3.63) is 64.2 Å². The minimum absolute atomic E-state index is 0.149. The highest BCUT2D eigenvalue weighted by Crippen LogP contribution is 2.32. The molecule has 3 N–H and O–H groups in total. The lowest BCUT2D eigenvalue weighted by Crippen LogP contribution is -2.38. The number of aryl methyl sites for hydroxylation is 1. The summed E-state index contributed by atoms with van der Waals surface area (Å²) in [6.45, 7) is 0.655. The molecule has 0 saturated carbocycles. The van der Waals surface area contributed by atoms with Gasteiger partial charge in [-0.15, -0.1) is 0 Å². The van der Waals surface area contributed by atoms with Gasteiger partial charge in [-0.3, -0.25) is 0 Å². The van der Waals surface area contributed by atoms with Crippen LogP contribution in [0.5, 0.6) is 5.75 Å². The fraction of sp³-hybridized carbons (Fsp3) is 0.278. The number of halogens is 1. The Balaban J connectivity index is 1.60. The first kappa shape index (κ1) is 16.1. The smallest absolute Gasteiger partial charge is 0.167 e. The number of phenolic OH excluding ortho intramolecular Hbond substituents is 1. The average Bonchev–Trinajstić information content (AvgIpc) is 2.55. The van der Waals surface area contributed by atoms with Gasteiger partial charge in [0.15, 0.2) is 5.11 Å². The molecule has 0 fully saturated rings. The normalized spacial score (nSPS) is 16.5. The van der Waals surface area contributed by atoms with Gasteiger partial charge in [0.05, 0.1) is 6.04 Å². The summed E-state index contributed by atoms with van der Waals surface area (Å²) in [7, 11) is 0. The van der Waals surface area contributed by atoms with Crippen molar-refractivity contribution in [2.24, 2.45) is 0 Å². The van der Waals surface area contributed by atoms with Gasteiger partial charge in [-0.1, -0.05) is 29.8 Å². The van der Waals surface area contributed by atoms with Gasteiger partial charge in [0.2, 0.25) is 0 Å². The number of hydrogen-bond acceptors (Lipinski definition) is 2. The molecule has 2 aromatic rings. The van der Waals surface area contributed by atoms with E-state index < -0.39 is 0 Å². The molecule has 23 heavy (non-hydrogen) atoms. The van der Waals surface area contributed by atoms with Gasteiger partial charge in [-0.25, -0.2) is 0 Å². The Morgan fingerprint density at radius 1 is 1.22 bits per heavy atom. The van der Waals surface area contributed by atoms with Crippen molar-refractivity contribution in [3.8, 4) is 5.75 Å². The zero-order chi connectivity index (χ0) is 16.2. The fourth-order valence-electron chi connectivity index (χ4n) is 2.93. The zero-order valence-corrected chi connectivity index (χ0v) is 14.3. The summed E-state index contributed by atoms with van der Waals surface area (Å²) >= 11 is 11.3. The largest absolute Gasteiger partial charge is 0.508 e. The average molecular weight is 347 g/mol. The van der Waals surface area contributed by atoms with Crippen LogP contribution in [0.15, 0.2) is 42.5 Å². The molecule has 0 aliphatic heterocycles. The van der Waals surface area contributed by atoms with E-state index >= 15 is 0 Å². The van der Waals surface area contributed by atoms with Crippen LogP contribution in [0.1, 0.15) is 35.6 Å². The summed E-state index contributed by atoms with van der Waals surface area (Å²) in [5, 5.41) is 17.7. The second kappa shape index (κ2) is 7.20.